The highest BCUT2D eigenvalue weighted by atomic mass is 16.1. The topological polar surface area (TPSA) is 49.0 Å². The molecule has 4 nitrogen and oxygen atoms in total. The van der Waals surface area contributed by atoms with E-state index < -0.39 is 0 Å². The van der Waals surface area contributed by atoms with Crippen molar-refractivity contribution < 1.29 is 4.79 Å². The van der Waals surface area contributed by atoms with Crippen LogP contribution in [-0.4, -0.2) is 40.8 Å². The standard InChI is InChI=1S/C15H19N3O/c1-10(19)12-3-4-13-14(9-12)17-15(16-13)11-5-7-18(2)8-6-11/h3-4,9,11H,5-8H2,1-2H3,(H,16,17). The highest BCUT2D eigenvalue weighted by Gasteiger charge is 2.21. The van der Waals surface area contributed by atoms with Gasteiger partial charge in [0, 0.05) is 11.5 Å². The number of aromatic nitrogens is 2. The predicted octanol–water partition coefficient (Wildman–Crippen LogP) is 2.57. The highest BCUT2D eigenvalue weighted by Crippen LogP contribution is 2.27. The zero-order chi connectivity index (χ0) is 13.4. The molecule has 0 spiro atoms. The second-order valence-electron chi connectivity index (χ2n) is 5.49. The van der Waals surface area contributed by atoms with Crippen LogP contribution in [0.3, 0.4) is 0 Å². The van der Waals surface area contributed by atoms with Crippen LogP contribution in [0, 0.1) is 0 Å². The number of aromatic amines is 1. The summed E-state index contributed by atoms with van der Waals surface area (Å²) in [7, 11) is 2.16. The summed E-state index contributed by atoms with van der Waals surface area (Å²) < 4.78 is 0. The first-order valence-electron chi connectivity index (χ1n) is 6.82. The first-order valence-corrected chi connectivity index (χ1v) is 6.82. The number of likely N-dealkylation sites (tertiary alicyclic amines) is 1. The Kier molecular flexibility index (Phi) is 3.11. The van der Waals surface area contributed by atoms with Gasteiger partial charge in [-0.25, -0.2) is 4.98 Å². The van der Waals surface area contributed by atoms with Crippen molar-refractivity contribution in [1.82, 2.24) is 14.9 Å². The minimum atomic E-state index is 0.0948. The average Bonchev–Trinajstić information content (AvgIpc) is 2.82. The second-order valence-corrected chi connectivity index (χ2v) is 5.49. The van der Waals surface area contributed by atoms with Crippen LogP contribution in [0.1, 0.15) is 41.9 Å². The van der Waals surface area contributed by atoms with Crippen molar-refractivity contribution in [3.63, 3.8) is 0 Å². The van der Waals surface area contributed by atoms with Crippen molar-refractivity contribution in [1.29, 1.82) is 0 Å². The Labute approximate surface area is 112 Å². The molecule has 0 radical (unpaired) electrons. The number of carbonyl (C=O) groups excluding carboxylic acids is 1. The molecule has 1 fully saturated rings. The van der Waals surface area contributed by atoms with Crippen LogP contribution in [0.4, 0.5) is 0 Å². The van der Waals surface area contributed by atoms with Gasteiger partial charge in [0.2, 0.25) is 0 Å². The molecule has 1 aromatic carbocycles. The molecule has 1 aromatic heterocycles. The lowest BCUT2D eigenvalue weighted by Crippen LogP contribution is -2.29. The van der Waals surface area contributed by atoms with Crippen LogP contribution >= 0.6 is 0 Å². The number of H-pyrrole nitrogens is 1. The van der Waals surface area contributed by atoms with E-state index in [1.807, 2.05) is 18.2 Å². The van der Waals surface area contributed by atoms with Gasteiger partial charge in [-0.05, 0) is 58.1 Å². The van der Waals surface area contributed by atoms with Crippen LogP contribution in [0.15, 0.2) is 18.2 Å². The number of nitrogens with one attached hydrogen (secondary N) is 1. The van der Waals surface area contributed by atoms with E-state index in [9.17, 15) is 4.79 Å². The molecule has 1 saturated heterocycles. The van der Waals surface area contributed by atoms with E-state index in [1.54, 1.807) is 6.92 Å². The molecule has 100 valence electrons. The van der Waals surface area contributed by atoms with Crippen LogP contribution < -0.4 is 0 Å². The van der Waals surface area contributed by atoms with Crippen molar-refractivity contribution in [3.05, 3.63) is 29.6 Å². The molecule has 4 heteroatoms. The number of benzene rings is 1. The normalized spacial score (nSPS) is 18.0. The Morgan fingerprint density at radius 2 is 2.11 bits per heavy atom. The van der Waals surface area contributed by atoms with Crippen molar-refractivity contribution in [2.24, 2.45) is 0 Å². The fraction of sp³-hybridized carbons (Fsp3) is 0.467. The third-order valence-corrected chi connectivity index (χ3v) is 4.01. The van der Waals surface area contributed by atoms with Gasteiger partial charge in [0.05, 0.1) is 11.0 Å². The number of fused-ring (bicyclic) bond motifs is 1. The van der Waals surface area contributed by atoms with Crippen LogP contribution in [0.2, 0.25) is 0 Å². The number of nitrogens with zero attached hydrogens (tertiary/aromatic N) is 2. The summed E-state index contributed by atoms with van der Waals surface area (Å²) >= 11 is 0. The summed E-state index contributed by atoms with van der Waals surface area (Å²) in [5, 5.41) is 0. The number of imidazole rings is 1. The summed E-state index contributed by atoms with van der Waals surface area (Å²) in [6.45, 7) is 3.84. The Bertz CT molecular complexity index is 609. The second kappa shape index (κ2) is 4.78. The van der Waals surface area contributed by atoms with Crippen LogP contribution in [0.5, 0.6) is 0 Å². The minimum Gasteiger partial charge on any atom is -0.342 e. The predicted molar refractivity (Wildman–Crippen MR) is 75.6 cm³/mol. The Balaban J connectivity index is 1.91. The van der Waals surface area contributed by atoms with Gasteiger partial charge in [-0.1, -0.05) is 0 Å². The fourth-order valence-corrected chi connectivity index (χ4v) is 2.72. The maximum Gasteiger partial charge on any atom is 0.159 e. The van der Waals surface area contributed by atoms with E-state index in [4.69, 9.17) is 0 Å². The maximum atomic E-state index is 11.4. The van der Waals surface area contributed by atoms with Crippen molar-refractivity contribution in [2.45, 2.75) is 25.7 Å². The molecule has 0 aliphatic carbocycles. The van der Waals surface area contributed by atoms with Crippen LogP contribution in [-0.2, 0) is 0 Å². The van der Waals surface area contributed by atoms with Gasteiger partial charge >= 0.3 is 0 Å². The first kappa shape index (κ1) is 12.4. The summed E-state index contributed by atoms with van der Waals surface area (Å²) in [6, 6.07) is 5.69. The van der Waals surface area contributed by atoms with Gasteiger partial charge in [-0.3, -0.25) is 4.79 Å². The lowest BCUT2D eigenvalue weighted by molar-refractivity contribution is 0.101. The molecule has 1 aliphatic heterocycles. The molecule has 1 N–H and O–H groups in total. The van der Waals surface area contributed by atoms with Crippen molar-refractivity contribution in [2.75, 3.05) is 20.1 Å². The largest absolute Gasteiger partial charge is 0.342 e. The molecule has 19 heavy (non-hydrogen) atoms. The van der Waals surface area contributed by atoms with Gasteiger partial charge in [-0.15, -0.1) is 0 Å². The van der Waals surface area contributed by atoms with E-state index in [2.05, 4.69) is 21.9 Å². The van der Waals surface area contributed by atoms with Crippen molar-refractivity contribution >= 4 is 16.8 Å². The van der Waals surface area contributed by atoms with E-state index in [-0.39, 0.29) is 5.78 Å². The molecule has 1 aliphatic rings. The number of hydrogen-bond donors (Lipinski definition) is 1. The number of ketones is 1. The van der Waals surface area contributed by atoms with Gasteiger partial charge in [-0.2, -0.15) is 0 Å². The molecule has 0 bridgehead atoms. The smallest absolute Gasteiger partial charge is 0.159 e. The number of carbonyl (C=O) groups is 1. The number of rotatable bonds is 2. The van der Waals surface area contributed by atoms with E-state index in [0.717, 1.165) is 48.4 Å². The van der Waals surface area contributed by atoms with Gasteiger partial charge in [0.25, 0.3) is 0 Å². The molecule has 0 amide bonds. The van der Waals surface area contributed by atoms with E-state index in [1.165, 1.54) is 0 Å². The van der Waals surface area contributed by atoms with Gasteiger partial charge < -0.3 is 9.88 Å². The molecular formula is C15H19N3O. The third-order valence-electron chi connectivity index (χ3n) is 4.01. The molecular weight excluding hydrogens is 238 g/mol. The monoisotopic (exact) mass is 257 g/mol. The summed E-state index contributed by atoms with van der Waals surface area (Å²) in [6.07, 6.45) is 2.30. The van der Waals surface area contributed by atoms with Crippen molar-refractivity contribution in [3.8, 4) is 0 Å². The molecule has 0 saturated carbocycles. The zero-order valence-electron chi connectivity index (χ0n) is 11.4. The number of Topliss-reactive ketones (excluding diaryl/α,β-unsaturated/α-hetero) is 1. The summed E-state index contributed by atoms with van der Waals surface area (Å²) in [4.78, 5) is 21.8. The maximum absolute atomic E-state index is 11.4. The molecule has 3 rings (SSSR count). The molecule has 0 atom stereocenters. The number of piperidine rings is 1. The molecule has 2 aromatic rings. The molecule has 2 heterocycles. The lowest BCUT2D eigenvalue weighted by Gasteiger charge is -2.27. The highest BCUT2D eigenvalue weighted by molar-refractivity contribution is 5.97. The first-order chi connectivity index (χ1) is 9.13. The Morgan fingerprint density at radius 3 is 2.79 bits per heavy atom. The summed E-state index contributed by atoms with van der Waals surface area (Å²) in [5.41, 5.74) is 2.67. The number of hydrogen-bond acceptors (Lipinski definition) is 3. The minimum absolute atomic E-state index is 0.0948. The third kappa shape index (κ3) is 2.40. The Hall–Kier alpha value is -1.68. The SMILES string of the molecule is CC(=O)c1ccc2nc(C3CCN(C)CC3)[nH]c2c1. The van der Waals surface area contributed by atoms with E-state index >= 15 is 0 Å². The zero-order valence-corrected chi connectivity index (χ0v) is 11.4. The van der Waals surface area contributed by atoms with Crippen LogP contribution in [0.25, 0.3) is 11.0 Å². The Morgan fingerprint density at radius 1 is 1.37 bits per heavy atom. The lowest BCUT2D eigenvalue weighted by atomic mass is 9.97. The van der Waals surface area contributed by atoms with Gasteiger partial charge in [0.1, 0.15) is 5.82 Å². The average molecular weight is 257 g/mol. The van der Waals surface area contributed by atoms with E-state index in [0.29, 0.717) is 5.92 Å². The fourth-order valence-electron chi connectivity index (χ4n) is 2.72. The summed E-state index contributed by atoms with van der Waals surface area (Å²) in [5.74, 6) is 1.69. The molecule has 0 unspecified atom stereocenters. The van der Waals surface area contributed by atoms with Gasteiger partial charge in [0.15, 0.2) is 5.78 Å². The quantitative estimate of drug-likeness (QED) is 0.841.